The largest absolute Gasteiger partial charge is 0.480 e. The SMILES string of the molecule is CNC(C(=O)O)C(c1ccccc1F)N(C)C. The summed E-state index contributed by atoms with van der Waals surface area (Å²) in [6.07, 6.45) is 0. The Morgan fingerprint density at radius 1 is 1.41 bits per heavy atom. The fourth-order valence-corrected chi connectivity index (χ4v) is 1.89. The molecule has 2 N–H and O–H groups in total. The number of benzene rings is 1. The van der Waals surface area contributed by atoms with Crippen molar-refractivity contribution in [3.63, 3.8) is 0 Å². The first kappa shape index (κ1) is 13.6. The Morgan fingerprint density at radius 3 is 2.41 bits per heavy atom. The summed E-state index contributed by atoms with van der Waals surface area (Å²) >= 11 is 0. The Labute approximate surface area is 100 Å². The maximum absolute atomic E-state index is 13.7. The first-order valence-electron chi connectivity index (χ1n) is 5.30. The highest BCUT2D eigenvalue weighted by Crippen LogP contribution is 2.24. The monoisotopic (exact) mass is 240 g/mol. The van der Waals surface area contributed by atoms with E-state index in [1.807, 2.05) is 0 Å². The summed E-state index contributed by atoms with van der Waals surface area (Å²) in [6.45, 7) is 0. The van der Waals surface area contributed by atoms with E-state index in [0.29, 0.717) is 5.56 Å². The molecule has 17 heavy (non-hydrogen) atoms. The third-order valence-electron chi connectivity index (χ3n) is 2.67. The van der Waals surface area contributed by atoms with Crippen LogP contribution in [-0.2, 0) is 4.79 Å². The van der Waals surface area contributed by atoms with Gasteiger partial charge in [-0.1, -0.05) is 18.2 Å². The summed E-state index contributed by atoms with van der Waals surface area (Å²) in [4.78, 5) is 12.8. The molecule has 94 valence electrons. The Hall–Kier alpha value is -1.46. The minimum atomic E-state index is -1.01. The number of nitrogens with one attached hydrogen (secondary N) is 1. The summed E-state index contributed by atoms with van der Waals surface area (Å²) < 4.78 is 13.7. The van der Waals surface area contributed by atoms with Gasteiger partial charge in [-0.3, -0.25) is 4.79 Å². The van der Waals surface area contributed by atoms with Crippen LogP contribution in [0.1, 0.15) is 11.6 Å². The second-order valence-electron chi connectivity index (χ2n) is 4.03. The molecule has 0 aliphatic carbocycles. The van der Waals surface area contributed by atoms with Gasteiger partial charge < -0.3 is 15.3 Å². The molecular formula is C12H17FN2O2. The molecule has 5 heteroatoms. The minimum Gasteiger partial charge on any atom is -0.480 e. The molecule has 1 aromatic carbocycles. The van der Waals surface area contributed by atoms with Crippen LogP contribution < -0.4 is 5.32 Å². The summed E-state index contributed by atoms with van der Waals surface area (Å²) in [5, 5.41) is 11.8. The molecule has 0 heterocycles. The van der Waals surface area contributed by atoms with Crippen LogP contribution in [0.5, 0.6) is 0 Å². The number of likely N-dealkylation sites (N-methyl/N-ethyl adjacent to an activating group) is 2. The Bertz CT molecular complexity index is 396. The van der Waals surface area contributed by atoms with E-state index in [1.165, 1.54) is 6.07 Å². The zero-order chi connectivity index (χ0) is 13.0. The van der Waals surface area contributed by atoms with Gasteiger partial charge in [-0.05, 0) is 27.2 Å². The summed E-state index contributed by atoms with van der Waals surface area (Å²) in [6, 6.07) is 4.80. The fraction of sp³-hybridized carbons (Fsp3) is 0.417. The first-order chi connectivity index (χ1) is 7.99. The average Bonchev–Trinajstić information content (AvgIpc) is 2.26. The van der Waals surface area contributed by atoms with E-state index in [1.54, 1.807) is 44.2 Å². The Balaban J connectivity index is 3.18. The topological polar surface area (TPSA) is 52.6 Å². The van der Waals surface area contributed by atoms with Crippen molar-refractivity contribution < 1.29 is 14.3 Å². The molecule has 0 aliphatic rings. The van der Waals surface area contributed by atoms with Crippen LogP contribution in [0.3, 0.4) is 0 Å². The molecule has 0 aliphatic heterocycles. The molecule has 0 saturated carbocycles. The van der Waals surface area contributed by atoms with Crippen LogP contribution in [0.25, 0.3) is 0 Å². The Morgan fingerprint density at radius 2 is 2.00 bits per heavy atom. The zero-order valence-corrected chi connectivity index (χ0v) is 10.1. The number of hydrogen-bond donors (Lipinski definition) is 2. The molecule has 4 nitrogen and oxygen atoms in total. The van der Waals surface area contributed by atoms with Gasteiger partial charge in [0.15, 0.2) is 0 Å². The lowest BCUT2D eigenvalue weighted by atomic mass is 9.98. The van der Waals surface area contributed by atoms with E-state index in [4.69, 9.17) is 5.11 Å². The lowest BCUT2D eigenvalue weighted by Crippen LogP contribution is -2.45. The highest BCUT2D eigenvalue weighted by molar-refractivity contribution is 5.74. The predicted octanol–water partition coefficient (Wildman–Crippen LogP) is 1.10. The van der Waals surface area contributed by atoms with Crippen molar-refractivity contribution in [3.8, 4) is 0 Å². The van der Waals surface area contributed by atoms with Crippen molar-refractivity contribution in [1.82, 2.24) is 10.2 Å². The molecule has 2 unspecified atom stereocenters. The molecular weight excluding hydrogens is 223 g/mol. The Kier molecular flexibility index (Phi) is 4.60. The molecule has 0 bridgehead atoms. The van der Waals surface area contributed by atoms with Gasteiger partial charge in [0, 0.05) is 5.56 Å². The average molecular weight is 240 g/mol. The van der Waals surface area contributed by atoms with E-state index < -0.39 is 23.9 Å². The molecule has 2 atom stereocenters. The standard InChI is InChI=1S/C12H17FN2O2/c1-14-10(12(16)17)11(15(2)3)8-6-4-5-7-9(8)13/h4-7,10-11,14H,1-3H3,(H,16,17). The third kappa shape index (κ3) is 3.01. The van der Waals surface area contributed by atoms with E-state index in [2.05, 4.69) is 5.32 Å². The van der Waals surface area contributed by atoms with Crippen LogP contribution in [0.15, 0.2) is 24.3 Å². The number of carbonyl (C=O) groups is 1. The number of hydrogen-bond acceptors (Lipinski definition) is 3. The van der Waals surface area contributed by atoms with Gasteiger partial charge in [0.25, 0.3) is 0 Å². The van der Waals surface area contributed by atoms with E-state index >= 15 is 0 Å². The molecule has 0 amide bonds. The zero-order valence-electron chi connectivity index (χ0n) is 10.1. The summed E-state index contributed by atoms with van der Waals surface area (Å²) in [7, 11) is 5.00. The van der Waals surface area contributed by atoms with Gasteiger partial charge in [-0.25, -0.2) is 4.39 Å². The van der Waals surface area contributed by atoms with Crippen molar-refractivity contribution in [2.45, 2.75) is 12.1 Å². The van der Waals surface area contributed by atoms with Gasteiger partial charge in [-0.15, -0.1) is 0 Å². The van der Waals surface area contributed by atoms with E-state index in [-0.39, 0.29) is 0 Å². The minimum absolute atomic E-state index is 0.374. The van der Waals surface area contributed by atoms with Crippen LogP contribution >= 0.6 is 0 Å². The first-order valence-corrected chi connectivity index (χ1v) is 5.30. The van der Waals surface area contributed by atoms with E-state index in [0.717, 1.165) is 0 Å². The van der Waals surface area contributed by atoms with Crippen molar-refractivity contribution in [3.05, 3.63) is 35.6 Å². The molecule has 1 aromatic rings. The number of aliphatic carboxylic acids is 1. The molecule has 0 radical (unpaired) electrons. The molecule has 0 fully saturated rings. The smallest absolute Gasteiger partial charge is 0.322 e. The molecule has 0 aromatic heterocycles. The number of rotatable bonds is 5. The van der Waals surface area contributed by atoms with Crippen LogP contribution in [0.4, 0.5) is 4.39 Å². The predicted molar refractivity (Wildman–Crippen MR) is 63.3 cm³/mol. The summed E-state index contributed by atoms with van der Waals surface area (Å²) in [5.74, 6) is -1.40. The normalized spacial score (nSPS) is 14.6. The number of nitrogens with zero attached hydrogens (tertiary/aromatic N) is 1. The molecule has 1 rings (SSSR count). The molecule has 0 saturated heterocycles. The van der Waals surface area contributed by atoms with Gasteiger partial charge in [-0.2, -0.15) is 0 Å². The summed E-state index contributed by atoms with van der Waals surface area (Å²) in [5.41, 5.74) is 0.374. The lowest BCUT2D eigenvalue weighted by Gasteiger charge is -2.30. The van der Waals surface area contributed by atoms with Crippen molar-refractivity contribution in [2.24, 2.45) is 0 Å². The molecule has 0 spiro atoms. The number of carboxylic acid groups (broad SMARTS) is 1. The van der Waals surface area contributed by atoms with Gasteiger partial charge in [0.05, 0.1) is 6.04 Å². The van der Waals surface area contributed by atoms with Crippen LogP contribution in [-0.4, -0.2) is 43.2 Å². The maximum atomic E-state index is 13.7. The second-order valence-corrected chi connectivity index (χ2v) is 4.03. The van der Waals surface area contributed by atoms with Gasteiger partial charge in [0.1, 0.15) is 11.9 Å². The van der Waals surface area contributed by atoms with E-state index in [9.17, 15) is 9.18 Å². The number of halogens is 1. The van der Waals surface area contributed by atoms with Gasteiger partial charge >= 0.3 is 5.97 Å². The highest BCUT2D eigenvalue weighted by Gasteiger charge is 2.31. The quantitative estimate of drug-likeness (QED) is 0.809. The van der Waals surface area contributed by atoms with Crippen LogP contribution in [0, 0.1) is 5.82 Å². The highest BCUT2D eigenvalue weighted by atomic mass is 19.1. The van der Waals surface area contributed by atoms with Crippen LogP contribution in [0.2, 0.25) is 0 Å². The van der Waals surface area contributed by atoms with Crippen molar-refractivity contribution in [2.75, 3.05) is 21.1 Å². The third-order valence-corrected chi connectivity index (χ3v) is 2.67. The maximum Gasteiger partial charge on any atom is 0.322 e. The van der Waals surface area contributed by atoms with Gasteiger partial charge in [0.2, 0.25) is 0 Å². The van der Waals surface area contributed by atoms with Crippen molar-refractivity contribution in [1.29, 1.82) is 0 Å². The fourth-order valence-electron chi connectivity index (χ4n) is 1.89. The van der Waals surface area contributed by atoms with Crippen molar-refractivity contribution >= 4 is 5.97 Å². The number of carboxylic acids is 1. The second kappa shape index (κ2) is 5.75. The lowest BCUT2D eigenvalue weighted by molar-refractivity contribution is -0.141.